The van der Waals surface area contributed by atoms with Crippen molar-refractivity contribution in [3.63, 3.8) is 0 Å². The van der Waals surface area contributed by atoms with Gasteiger partial charge in [-0.3, -0.25) is 0 Å². The quantitative estimate of drug-likeness (QED) is 0.631. The highest BCUT2D eigenvalue weighted by atomic mass is 16.5. The summed E-state index contributed by atoms with van der Waals surface area (Å²) in [6.45, 7) is 6.17. The van der Waals surface area contributed by atoms with Crippen molar-refractivity contribution in [2.75, 3.05) is 12.3 Å². The Bertz CT molecular complexity index is 390. The molecule has 4 nitrogen and oxygen atoms in total. The molecule has 17 heavy (non-hydrogen) atoms. The summed E-state index contributed by atoms with van der Waals surface area (Å²) in [4.78, 5) is 11.9. The molecule has 0 aromatic heterocycles. The van der Waals surface area contributed by atoms with Crippen LogP contribution in [0.4, 0.5) is 5.69 Å². The Morgan fingerprint density at radius 3 is 2.71 bits per heavy atom. The van der Waals surface area contributed by atoms with Crippen LogP contribution in [0.3, 0.4) is 0 Å². The van der Waals surface area contributed by atoms with E-state index in [1.54, 1.807) is 18.2 Å². The molecule has 0 bridgehead atoms. The minimum absolute atomic E-state index is 0.113. The van der Waals surface area contributed by atoms with E-state index < -0.39 is 5.97 Å². The summed E-state index contributed by atoms with van der Waals surface area (Å²) >= 11 is 0. The summed E-state index contributed by atoms with van der Waals surface area (Å²) in [6, 6.07) is 4.97. The summed E-state index contributed by atoms with van der Waals surface area (Å²) in [5, 5.41) is 0. The number of hydrogen-bond acceptors (Lipinski definition) is 4. The van der Waals surface area contributed by atoms with E-state index in [2.05, 4.69) is 0 Å². The van der Waals surface area contributed by atoms with Gasteiger partial charge in [-0.15, -0.1) is 0 Å². The third-order valence-corrected chi connectivity index (χ3v) is 2.41. The molecule has 1 unspecified atom stereocenters. The van der Waals surface area contributed by atoms with E-state index >= 15 is 0 Å². The topological polar surface area (TPSA) is 61.5 Å². The Balaban J connectivity index is 2.93. The van der Waals surface area contributed by atoms with Crippen molar-refractivity contribution >= 4 is 11.7 Å². The fourth-order valence-corrected chi connectivity index (χ4v) is 1.32. The van der Waals surface area contributed by atoms with Crippen molar-refractivity contribution in [1.29, 1.82) is 0 Å². The summed E-state index contributed by atoms with van der Waals surface area (Å²) in [6.07, 6.45) is 0.663. The molecule has 0 fully saturated rings. The van der Waals surface area contributed by atoms with Crippen molar-refractivity contribution in [2.24, 2.45) is 0 Å². The van der Waals surface area contributed by atoms with Gasteiger partial charge >= 0.3 is 5.97 Å². The molecule has 2 N–H and O–H groups in total. The minimum Gasteiger partial charge on any atom is -0.493 e. The van der Waals surface area contributed by atoms with Gasteiger partial charge < -0.3 is 15.2 Å². The first-order valence-corrected chi connectivity index (χ1v) is 5.81. The number of carbonyl (C=O) groups excluding carboxylic acids is 1. The Labute approximate surface area is 102 Å². The van der Waals surface area contributed by atoms with Gasteiger partial charge in [-0.05, 0) is 38.5 Å². The molecule has 0 aliphatic carbocycles. The molecule has 94 valence electrons. The number of nitrogen functional groups attached to an aromatic ring is 1. The van der Waals surface area contributed by atoms with E-state index in [4.69, 9.17) is 15.2 Å². The SMILES string of the molecule is CCOc1ccc(N)cc1C(=O)OC(C)CC. The van der Waals surface area contributed by atoms with Crippen molar-refractivity contribution in [1.82, 2.24) is 0 Å². The lowest BCUT2D eigenvalue weighted by Crippen LogP contribution is -2.15. The highest BCUT2D eigenvalue weighted by molar-refractivity contribution is 5.93. The molecular formula is C13H19NO3. The Hall–Kier alpha value is -1.71. The molecule has 0 radical (unpaired) electrons. The Kier molecular flexibility index (Phi) is 4.82. The van der Waals surface area contributed by atoms with Crippen LogP contribution in [0.1, 0.15) is 37.6 Å². The smallest absolute Gasteiger partial charge is 0.342 e. The molecule has 0 spiro atoms. The van der Waals surface area contributed by atoms with E-state index in [1.807, 2.05) is 20.8 Å². The number of nitrogens with two attached hydrogens (primary N) is 1. The number of hydrogen-bond donors (Lipinski definition) is 1. The molecule has 1 atom stereocenters. The number of anilines is 1. The zero-order valence-electron chi connectivity index (χ0n) is 10.5. The predicted molar refractivity (Wildman–Crippen MR) is 67.2 cm³/mol. The summed E-state index contributed by atoms with van der Waals surface area (Å²) < 4.78 is 10.6. The largest absolute Gasteiger partial charge is 0.493 e. The first-order chi connectivity index (χ1) is 8.08. The fourth-order valence-electron chi connectivity index (χ4n) is 1.32. The monoisotopic (exact) mass is 237 g/mol. The van der Waals surface area contributed by atoms with E-state index in [1.165, 1.54) is 0 Å². The number of rotatable bonds is 5. The molecule has 0 aliphatic rings. The van der Waals surface area contributed by atoms with Crippen LogP contribution in [-0.2, 0) is 4.74 Å². The van der Waals surface area contributed by atoms with Crippen molar-refractivity contribution in [3.8, 4) is 5.75 Å². The summed E-state index contributed by atoms with van der Waals surface area (Å²) in [7, 11) is 0. The van der Waals surface area contributed by atoms with Gasteiger partial charge in [0.05, 0.1) is 12.7 Å². The maximum atomic E-state index is 11.9. The highest BCUT2D eigenvalue weighted by Gasteiger charge is 2.16. The van der Waals surface area contributed by atoms with Crippen LogP contribution in [0, 0.1) is 0 Å². The number of carbonyl (C=O) groups is 1. The summed E-state index contributed by atoms with van der Waals surface area (Å²) in [5.41, 5.74) is 6.56. The number of ether oxygens (including phenoxy) is 2. The van der Waals surface area contributed by atoms with Crippen molar-refractivity contribution < 1.29 is 14.3 Å². The summed E-state index contributed by atoms with van der Waals surface area (Å²) in [5.74, 6) is 0.116. The van der Waals surface area contributed by atoms with Crippen LogP contribution in [0.25, 0.3) is 0 Å². The van der Waals surface area contributed by atoms with Gasteiger partial charge in [0.1, 0.15) is 11.3 Å². The zero-order valence-corrected chi connectivity index (χ0v) is 10.5. The first-order valence-electron chi connectivity index (χ1n) is 5.81. The van der Waals surface area contributed by atoms with Gasteiger partial charge in [0, 0.05) is 5.69 Å². The van der Waals surface area contributed by atoms with Crippen molar-refractivity contribution in [3.05, 3.63) is 23.8 Å². The predicted octanol–water partition coefficient (Wildman–Crippen LogP) is 2.62. The molecule has 1 aromatic carbocycles. The van der Waals surface area contributed by atoms with Crippen LogP contribution in [0.5, 0.6) is 5.75 Å². The first kappa shape index (κ1) is 13.4. The molecule has 4 heteroatoms. The van der Waals surface area contributed by atoms with Gasteiger partial charge in [-0.1, -0.05) is 6.92 Å². The third-order valence-electron chi connectivity index (χ3n) is 2.41. The molecular weight excluding hydrogens is 218 g/mol. The average Bonchev–Trinajstić information content (AvgIpc) is 2.31. The lowest BCUT2D eigenvalue weighted by atomic mass is 10.1. The Morgan fingerprint density at radius 1 is 1.41 bits per heavy atom. The van der Waals surface area contributed by atoms with E-state index in [0.717, 1.165) is 6.42 Å². The molecule has 0 saturated carbocycles. The van der Waals surface area contributed by atoms with Gasteiger partial charge in [-0.25, -0.2) is 4.79 Å². The lowest BCUT2D eigenvalue weighted by Gasteiger charge is -2.14. The van der Waals surface area contributed by atoms with Crippen LogP contribution >= 0.6 is 0 Å². The molecule has 0 heterocycles. The van der Waals surface area contributed by atoms with Crippen LogP contribution in [0.15, 0.2) is 18.2 Å². The minimum atomic E-state index is -0.393. The van der Waals surface area contributed by atoms with Crippen LogP contribution < -0.4 is 10.5 Å². The number of esters is 1. The van der Waals surface area contributed by atoms with Gasteiger partial charge in [0.2, 0.25) is 0 Å². The zero-order chi connectivity index (χ0) is 12.8. The van der Waals surface area contributed by atoms with Crippen molar-refractivity contribution in [2.45, 2.75) is 33.3 Å². The Morgan fingerprint density at radius 2 is 2.12 bits per heavy atom. The van der Waals surface area contributed by atoms with Crippen LogP contribution in [-0.4, -0.2) is 18.7 Å². The standard InChI is InChI=1S/C13H19NO3/c1-4-9(3)17-13(15)11-8-10(14)6-7-12(11)16-5-2/h6-9H,4-5,14H2,1-3H3. The molecule has 0 amide bonds. The van der Waals surface area contributed by atoms with Crippen LogP contribution in [0.2, 0.25) is 0 Å². The van der Waals surface area contributed by atoms with E-state index in [0.29, 0.717) is 23.6 Å². The molecule has 1 rings (SSSR count). The fraction of sp³-hybridized carbons (Fsp3) is 0.462. The van der Waals surface area contributed by atoms with Gasteiger partial charge in [0.25, 0.3) is 0 Å². The second-order valence-corrected chi connectivity index (χ2v) is 3.81. The average molecular weight is 237 g/mol. The third kappa shape index (κ3) is 3.66. The van der Waals surface area contributed by atoms with E-state index in [-0.39, 0.29) is 6.10 Å². The maximum absolute atomic E-state index is 11.9. The highest BCUT2D eigenvalue weighted by Crippen LogP contribution is 2.23. The molecule has 0 aliphatic heterocycles. The second kappa shape index (κ2) is 6.13. The van der Waals surface area contributed by atoms with Gasteiger partial charge in [0.15, 0.2) is 0 Å². The molecule has 1 aromatic rings. The number of benzene rings is 1. The second-order valence-electron chi connectivity index (χ2n) is 3.81. The normalized spacial score (nSPS) is 11.9. The van der Waals surface area contributed by atoms with Gasteiger partial charge in [-0.2, -0.15) is 0 Å². The maximum Gasteiger partial charge on any atom is 0.342 e. The van der Waals surface area contributed by atoms with E-state index in [9.17, 15) is 4.79 Å². The lowest BCUT2D eigenvalue weighted by molar-refractivity contribution is 0.0330. The molecule has 0 saturated heterocycles.